The number of hydrogen-bond acceptors (Lipinski definition) is 5. The second-order valence-corrected chi connectivity index (χ2v) is 8.23. The van der Waals surface area contributed by atoms with Gasteiger partial charge in [0.1, 0.15) is 18.2 Å². The summed E-state index contributed by atoms with van der Waals surface area (Å²) in [6.07, 6.45) is 4.43. The molecule has 1 aromatic carbocycles. The van der Waals surface area contributed by atoms with Gasteiger partial charge in [-0.05, 0) is 43.6 Å². The highest BCUT2D eigenvalue weighted by molar-refractivity contribution is 7.98. The molecule has 2 rings (SSSR count). The molecule has 2 atom stereocenters. The molecular formula is C20H24F2O4S. The Balaban J connectivity index is 1.98. The molecular weight excluding hydrogens is 374 g/mol. The van der Waals surface area contributed by atoms with E-state index in [0.717, 1.165) is 0 Å². The predicted molar refractivity (Wildman–Crippen MR) is 99.1 cm³/mol. The van der Waals surface area contributed by atoms with Gasteiger partial charge >= 0.3 is 11.9 Å². The van der Waals surface area contributed by atoms with E-state index < -0.39 is 41.5 Å². The fourth-order valence-electron chi connectivity index (χ4n) is 3.01. The van der Waals surface area contributed by atoms with Crippen LogP contribution in [0, 0.1) is 28.9 Å². The van der Waals surface area contributed by atoms with Gasteiger partial charge in [-0.2, -0.15) is 0 Å². The van der Waals surface area contributed by atoms with Crippen molar-refractivity contribution in [3.05, 3.63) is 41.5 Å². The lowest BCUT2D eigenvalue weighted by atomic mass is 10.1. The predicted octanol–water partition coefficient (Wildman–Crippen LogP) is 4.51. The van der Waals surface area contributed by atoms with E-state index >= 15 is 0 Å². The molecule has 27 heavy (non-hydrogen) atoms. The molecule has 0 heterocycles. The van der Waals surface area contributed by atoms with Crippen LogP contribution in [0.5, 0.6) is 0 Å². The Morgan fingerprint density at radius 1 is 1.26 bits per heavy atom. The second-order valence-electron chi connectivity index (χ2n) is 7.35. The van der Waals surface area contributed by atoms with Crippen molar-refractivity contribution in [1.29, 1.82) is 0 Å². The molecule has 1 aliphatic rings. The molecule has 0 spiro atoms. The SMILES string of the molecule is CSc1cc(F)c(COC(=O)C2C(/C=C/C(=O)OC(C)C)C2(C)C)c(F)c1. The van der Waals surface area contributed by atoms with Gasteiger partial charge in [-0.3, -0.25) is 4.79 Å². The van der Waals surface area contributed by atoms with Crippen LogP contribution in [0.15, 0.2) is 29.2 Å². The van der Waals surface area contributed by atoms with E-state index in [9.17, 15) is 18.4 Å². The summed E-state index contributed by atoms with van der Waals surface area (Å²) in [6.45, 7) is 6.77. The van der Waals surface area contributed by atoms with Crippen molar-refractivity contribution >= 4 is 23.7 Å². The molecule has 7 heteroatoms. The van der Waals surface area contributed by atoms with E-state index in [1.165, 1.54) is 30.0 Å². The quantitative estimate of drug-likeness (QED) is 0.384. The third-order valence-corrected chi connectivity index (χ3v) is 5.37. The first-order valence-electron chi connectivity index (χ1n) is 8.65. The van der Waals surface area contributed by atoms with Crippen molar-refractivity contribution in [1.82, 2.24) is 0 Å². The van der Waals surface area contributed by atoms with Crippen LogP contribution in [-0.4, -0.2) is 24.3 Å². The molecule has 1 fully saturated rings. The molecule has 148 valence electrons. The molecule has 1 aromatic rings. The van der Waals surface area contributed by atoms with E-state index in [1.54, 1.807) is 26.2 Å². The van der Waals surface area contributed by atoms with Crippen LogP contribution in [0.2, 0.25) is 0 Å². The van der Waals surface area contributed by atoms with Gasteiger partial charge in [-0.25, -0.2) is 13.6 Å². The van der Waals surface area contributed by atoms with Crippen LogP contribution < -0.4 is 0 Å². The lowest BCUT2D eigenvalue weighted by molar-refractivity contribution is -0.147. The fraction of sp³-hybridized carbons (Fsp3) is 0.500. The van der Waals surface area contributed by atoms with Crippen LogP contribution in [-0.2, 0) is 25.7 Å². The fourth-order valence-corrected chi connectivity index (χ4v) is 3.45. The summed E-state index contributed by atoms with van der Waals surface area (Å²) in [5.74, 6) is -3.17. The maximum Gasteiger partial charge on any atom is 0.330 e. The monoisotopic (exact) mass is 398 g/mol. The molecule has 1 saturated carbocycles. The number of carbonyl (C=O) groups excluding carboxylic acids is 2. The number of rotatable bonds is 7. The zero-order chi connectivity index (χ0) is 20.4. The normalized spacial score (nSPS) is 20.7. The zero-order valence-corrected chi connectivity index (χ0v) is 16.9. The van der Waals surface area contributed by atoms with Gasteiger partial charge in [0.05, 0.1) is 17.6 Å². The van der Waals surface area contributed by atoms with E-state index in [0.29, 0.717) is 4.90 Å². The summed E-state index contributed by atoms with van der Waals surface area (Å²) in [5.41, 5.74) is -0.668. The molecule has 0 radical (unpaired) electrons. The highest BCUT2D eigenvalue weighted by Crippen LogP contribution is 2.59. The Kier molecular flexibility index (Phi) is 6.68. The van der Waals surface area contributed by atoms with Crippen LogP contribution in [0.25, 0.3) is 0 Å². The zero-order valence-electron chi connectivity index (χ0n) is 16.0. The molecule has 2 unspecified atom stereocenters. The van der Waals surface area contributed by atoms with Gasteiger partial charge in [0.2, 0.25) is 0 Å². The highest BCUT2D eigenvalue weighted by Gasteiger charge is 2.61. The first kappa shape index (κ1) is 21.4. The molecule has 0 aliphatic heterocycles. The van der Waals surface area contributed by atoms with E-state index in [4.69, 9.17) is 9.47 Å². The topological polar surface area (TPSA) is 52.6 Å². The van der Waals surface area contributed by atoms with Gasteiger partial charge in [0, 0.05) is 11.0 Å². The molecule has 0 aromatic heterocycles. The van der Waals surface area contributed by atoms with Gasteiger partial charge in [-0.15, -0.1) is 11.8 Å². The van der Waals surface area contributed by atoms with E-state index in [-0.39, 0.29) is 17.6 Å². The smallest absolute Gasteiger partial charge is 0.330 e. The lowest BCUT2D eigenvalue weighted by Gasteiger charge is -2.09. The summed E-state index contributed by atoms with van der Waals surface area (Å²) in [6, 6.07) is 2.42. The van der Waals surface area contributed by atoms with Crippen molar-refractivity contribution in [2.24, 2.45) is 17.3 Å². The number of ether oxygens (including phenoxy) is 2. The first-order valence-corrected chi connectivity index (χ1v) is 9.87. The molecule has 0 amide bonds. The minimum Gasteiger partial charge on any atom is -0.460 e. The van der Waals surface area contributed by atoms with Crippen molar-refractivity contribution in [2.75, 3.05) is 6.26 Å². The number of thioether (sulfide) groups is 1. The number of benzene rings is 1. The molecule has 0 bridgehead atoms. The largest absolute Gasteiger partial charge is 0.460 e. The summed E-state index contributed by atoms with van der Waals surface area (Å²) in [7, 11) is 0. The van der Waals surface area contributed by atoms with Crippen molar-refractivity contribution in [3.63, 3.8) is 0 Å². The first-order chi connectivity index (χ1) is 12.6. The maximum absolute atomic E-state index is 14.0. The maximum atomic E-state index is 14.0. The Morgan fingerprint density at radius 2 is 1.85 bits per heavy atom. The third-order valence-electron chi connectivity index (χ3n) is 4.67. The van der Waals surface area contributed by atoms with Crippen LogP contribution in [0.3, 0.4) is 0 Å². The Bertz CT molecular complexity index is 735. The number of halogens is 2. The van der Waals surface area contributed by atoms with Gasteiger partial charge in [0.15, 0.2) is 0 Å². The standard InChI is InChI=1S/C20H24F2O4S/c1-11(2)26-17(23)7-6-14-18(20(14,3)4)19(24)25-10-13-15(21)8-12(27-5)9-16(13)22/h6-9,11,14,18H,10H2,1-5H3/b7-6+. The molecule has 0 N–H and O–H groups in total. The summed E-state index contributed by atoms with van der Waals surface area (Å²) in [4.78, 5) is 24.4. The van der Waals surface area contributed by atoms with Crippen LogP contribution in [0.4, 0.5) is 8.78 Å². The summed E-state index contributed by atoms with van der Waals surface area (Å²) in [5, 5.41) is 0. The third kappa shape index (κ3) is 5.09. The van der Waals surface area contributed by atoms with Crippen LogP contribution >= 0.6 is 11.8 Å². The van der Waals surface area contributed by atoms with Gasteiger partial charge in [-0.1, -0.05) is 19.9 Å². The number of hydrogen-bond donors (Lipinski definition) is 0. The van der Waals surface area contributed by atoms with Crippen molar-refractivity contribution < 1.29 is 27.8 Å². The molecule has 1 aliphatic carbocycles. The lowest BCUT2D eigenvalue weighted by Crippen LogP contribution is -2.12. The molecule has 0 saturated heterocycles. The average Bonchev–Trinajstić information content (AvgIpc) is 3.12. The van der Waals surface area contributed by atoms with Crippen LogP contribution in [0.1, 0.15) is 33.3 Å². The van der Waals surface area contributed by atoms with E-state index in [1.807, 2.05) is 13.8 Å². The van der Waals surface area contributed by atoms with Gasteiger partial charge in [0.25, 0.3) is 0 Å². The number of esters is 2. The summed E-state index contributed by atoms with van der Waals surface area (Å²) >= 11 is 1.22. The second kappa shape index (κ2) is 8.42. The van der Waals surface area contributed by atoms with Crippen molar-refractivity contribution in [2.45, 2.75) is 45.3 Å². The van der Waals surface area contributed by atoms with E-state index in [2.05, 4.69) is 0 Å². The Labute approximate surface area is 162 Å². The minimum atomic E-state index is -0.741. The average molecular weight is 398 g/mol. The van der Waals surface area contributed by atoms with Crippen molar-refractivity contribution in [3.8, 4) is 0 Å². The Morgan fingerprint density at radius 3 is 2.37 bits per heavy atom. The summed E-state index contributed by atoms with van der Waals surface area (Å²) < 4.78 is 38.2. The van der Waals surface area contributed by atoms with Gasteiger partial charge < -0.3 is 9.47 Å². The highest BCUT2D eigenvalue weighted by atomic mass is 32.2. The number of allylic oxidation sites excluding steroid dienone is 1. The number of carbonyl (C=O) groups is 2. The molecule has 4 nitrogen and oxygen atoms in total. The minimum absolute atomic E-state index is 0.196. The Hall–Kier alpha value is -1.89.